The van der Waals surface area contributed by atoms with Crippen LogP contribution in [0.3, 0.4) is 0 Å². The molecule has 1 saturated carbocycles. The summed E-state index contributed by atoms with van der Waals surface area (Å²) in [4.78, 5) is 3.94. The number of pyridine rings is 1. The molecule has 0 atom stereocenters. The fourth-order valence-electron chi connectivity index (χ4n) is 0.887. The van der Waals surface area contributed by atoms with E-state index in [4.69, 9.17) is 11.6 Å². The molecular weight excluding hydrogens is 170 g/mol. The molecule has 1 fully saturated rings. The van der Waals surface area contributed by atoms with Crippen LogP contribution in [0.25, 0.3) is 0 Å². The second-order valence-corrected chi connectivity index (χ2v) is 3.24. The average molecular weight is 178 g/mol. The highest BCUT2D eigenvalue weighted by atomic mass is 35.5. The lowest BCUT2D eigenvalue weighted by molar-refractivity contribution is 1.18. The summed E-state index contributed by atoms with van der Waals surface area (Å²) in [5, 5.41) is 0.505. The Morgan fingerprint density at radius 1 is 1.50 bits per heavy atom. The molecule has 1 aliphatic rings. The predicted octanol–water partition coefficient (Wildman–Crippen LogP) is 2.50. The highest BCUT2D eigenvalue weighted by Gasteiger charge is 2.17. The molecule has 2 rings (SSSR count). The standard InChI is InChI=1S/C10H8ClN/c11-10-9(2-1-7-12-10)6-5-8-3-4-8/h1-2,7-8H,3-4H2. The highest BCUT2D eigenvalue weighted by molar-refractivity contribution is 6.30. The number of nitrogens with zero attached hydrogens (tertiary/aromatic N) is 1. The molecule has 2 heteroatoms. The summed E-state index contributed by atoms with van der Waals surface area (Å²) in [6, 6.07) is 3.74. The Kier molecular flexibility index (Phi) is 2.01. The van der Waals surface area contributed by atoms with Crippen molar-refractivity contribution in [3.63, 3.8) is 0 Å². The van der Waals surface area contributed by atoms with E-state index < -0.39 is 0 Å². The van der Waals surface area contributed by atoms with Crippen molar-refractivity contribution >= 4 is 11.6 Å². The monoisotopic (exact) mass is 177 g/mol. The van der Waals surface area contributed by atoms with Crippen LogP contribution in [0.2, 0.25) is 5.15 Å². The van der Waals surface area contributed by atoms with Gasteiger partial charge >= 0.3 is 0 Å². The largest absolute Gasteiger partial charge is 0.243 e. The van der Waals surface area contributed by atoms with Gasteiger partial charge in [-0.3, -0.25) is 0 Å². The number of hydrogen-bond acceptors (Lipinski definition) is 1. The Morgan fingerprint density at radius 3 is 3.00 bits per heavy atom. The van der Waals surface area contributed by atoms with E-state index in [1.165, 1.54) is 12.8 Å². The summed E-state index contributed by atoms with van der Waals surface area (Å²) >= 11 is 5.81. The van der Waals surface area contributed by atoms with Gasteiger partial charge in [0.2, 0.25) is 0 Å². The molecule has 0 saturated heterocycles. The first-order valence-corrected chi connectivity index (χ1v) is 4.36. The van der Waals surface area contributed by atoms with Crippen LogP contribution in [0.15, 0.2) is 18.3 Å². The minimum absolute atomic E-state index is 0.505. The zero-order valence-electron chi connectivity index (χ0n) is 6.55. The molecule has 1 heterocycles. The van der Waals surface area contributed by atoms with Crippen molar-refractivity contribution in [1.82, 2.24) is 4.98 Å². The number of aromatic nitrogens is 1. The molecule has 0 amide bonds. The first kappa shape index (κ1) is 7.64. The third kappa shape index (κ3) is 1.78. The zero-order chi connectivity index (χ0) is 8.39. The van der Waals surface area contributed by atoms with Crippen LogP contribution in [-0.4, -0.2) is 4.98 Å². The van der Waals surface area contributed by atoms with Crippen LogP contribution in [0.5, 0.6) is 0 Å². The van der Waals surface area contributed by atoms with Gasteiger partial charge in [-0.1, -0.05) is 23.4 Å². The highest BCUT2D eigenvalue weighted by Crippen LogP contribution is 2.27. The van der Waals surface area contributed by atoms with E-state index in [2.05, 4.69) is 16.8 Å². The summed E-state index contributed by atoms with van der Waals surface area (Å²) in [5.74, 6) is 6.78. The Morgan fingerprint density at radius 2 is 2.33 bits per heavy atom. The molecule has 0 aromatic carbocycles. The van der Waals surface area contributed by atoms with Crippen LogP contribution < -0.4 is 0 Å². The molecule has 0 N–H and O–H groups in total. The van der Waals surface area contributed by atoms with Crippen LogP contribution in [0.1, 0.15) is 18.4 Å². The lowest BCUT2D eigenvalue weighted by Gasteiger charge is -1.90. The molecule has 1 aromatic heterocycles. The van der Waals surface area contributed by atoms with E-state index in [1.54, 1.807) is 6.20 Å². The van der Waals surface area contributed by atoms with Crippen LogP contribution >= 0.6 is 11.6 Å². The SMILES string of the molecule is Clc1ncccc1C#CC1CC1. The molecule has 0 radical (unpaired) electrons. The number of rotatable bonds is 0. The van der Waals surface area contributed by atoms with Crippen molar-refractivity contribution < 1.29 is 0 Å². The van der Waals surface area contributed by atoms with E-state index in [1.807, 2.05) is 12.1 Å². The summed E-state index contributed by atoms with van der Waals surface area (Å²) in [5.41, 5.74) is 0.839. The van der Waals surface area contributed by atoms with Crippen molar-refractivity contribution in [2.24, 2.45) is 5.92 Å². The third-order valence-corrected chi connectivity index (χ3v) is 2.05. The molecule has 60 valence electrons. The first-order valence-electron chi connectivity index (χ1n) is 3.98. The van der Waals surface area contributed by atoms with Crippen molar-refractivity contribution in [3.8, 4) is 11.8 Å². The van der Waals surface area contributed by atoms with E-state index in [0.29, 0.717) is 11.1 Å². The molecule has 0 aliphatic heterocycles. The molecule has 0 spiro atoms. The molecular formula is C10H8ClN. The van der Waals surface area contributed by atoms with Gasteiger partial charge < -0.3 is 0 Å². The maximum atomic E-state index is 5.81. The van der Waals surface area contributed by atoms with Crippen molar-refractivity contribution in [2.45, 2.75) is 12.8 Å². The maximum absolute atomic E-state index is 5.81. The van der Waals surface area contributed by atoms with Crippen LogP contribution in [-0.2, 0) is 0 Å². The minimum atomic E-state index is 0.505. The van der Waals surface area contributed by atoms with Crippen molar-refractivity contribution in [2.75, 3.05) is 0 Å². The number of halogens is 1. The van der Waals surface area contributed by atoms with Gasteiger partial charge in [0, 0.05) is 12.1 Å². The van der Waals surface area contributed by atoms with E-state index in [-0.39, 0.29) is 0 Å². The average Bonchev–Trinajstić information content (AvgIpc) is 2.86. The predicted molar refractivity (Wildman–Crippen MR) is 48.8 cm³/mol. The van der Waals surface area contributed by atoms with Crippen molar-refractivity contribution in [1.29, 1.82) is 0 Å². The second kappa shape index (κ2) is 3.16. The van der Waals surface area contributed by atoms with Gasteiger partial charge in [0.15, 0.2) is 0 Å². The first-order chi connectivity index (χ1) is 5.86. The Balaban J connectivity index is 2.23. The summed E-state index contributed by atoms with van der Waals surface area (Å²) in [6.07, 6.45) is 4.15. The van der Waals surface area contributed by atoms with Crippen LogP contribution in [0, 0.1) is 17.8 Å². The Labute approximate surface area is 76.8 Å². The molecule has 12 heavy (non-hydrogen) atoms. The molecule has 0 unspecified atom stereocenters. The smallest absolute Gasteiger partial charge is 0.144 e. The van der Waals surface area contributed by atoms with E-state index in [9.17, 15) is 0 Å². The summed E-state index contributed by atoms with van der Waals surface area (Å²) in [7, 11) is 0. The van der Waals surface area contributed by atoms with E-state index >= 15 is 0 Å². The summed E-state index contributed by atoms with van der Waals surface area (Å²) < 4.78 is 0. The van der Waals surface area contributed by atoms with Gasteiger partial charge in [0.25, 0.3) is 0 Å². The molecule has 1 aliphatic carbocycles. The Bertz CT molecular complexity index is 344. The van der Waals surface area contributed by atoms with Crippen molar-refractivity contribution in [3.05, 3.63) is 29.0 Å². The quantitative estimate of drug-likeness (QED) is 0.438. The number of hydrogen-bond donors (Lipinski definition) is 0. The molecule has 1 aromatic rings. The van der Waals surface area contributed by atoms with Crippen LogP contribution in [0.4, 0.5) is 0 Å². The van der Waals surface area contributed by atoms with Gasteiger partial charge in [-0.05, 0) is 25.0 Å². The summed E-state index contributed by atoms with van der Waals surface area (Å²) in [6.45, 7) is 0. The fourth-order valence-corrected chi connectivity index (χ4v) is 1.05. The Hall–Kier alpha value is -1.00. The van der Waals surface area contributed by atoms with Gasteiger partial charge in [-0.2, -0.15) is 0 Å². The zero-order valence-corrected chi connectivity index (χ0v) is 7.30. The van der Waals surface area contributed by atoms with Gasteiger partial charge in [0.1, 0.15) is 5.15 Å². The topological polar surface area (TPSA) is 12.9 Å². The molecule has 1 nitrogen and oxygen atoms in total. The molecule has 0 bridgehead atoms. The van der Waals surface area contributed by atoms with Gasteiger partial charge in [0.05, 0.1) is 5.56 Å². The van der Waals surface area contributed by atoms with E-state index in [0.717, 1.165) is 5.56 Å². The lowest BCUT2D eigenvalue weighted by atomic mass is 10.3. The third-order valence-electron chi connectivity index (χ3n) is 1.75. The normalized spacial score (nSPS) is 15.1. The lowest BCUT2D eigenvalue weighted by Crippen LogP contribution is -1.79. The minimum Gasteiger partial charge on any atom is -0.243 e. The fraction of sp³-hybridized carbons (Fsp3) is 0.300. The van der Waals surface area contributed by atoms with Gasteiger partial charge in [-0.25, -0.2) is 4.98 Å². The maximum Gasteiger partial charge on any atom is 0.144 e. The van der Waals surface area contributed by atoms with Gasteiger partial charge in [-0.15, -0.1) is 0 Å². The second-order valence-electron chi connectivity index (χ2n) is 2.89.